The van der Waals surface area contributed by atoms with Crippen LogP contribution in [0.5, 0.6) is 0 Å². The number of hydrogen-bond acceptors (Lipinski definition) is 4. The van der Waals surface area contributed by atoms with Crippen LogP contribution in [0.25, 0.3) is 0 Å². The van der Waals surface area contributed by atoms with E-state index in [1.165, 1.54) is 0 Å². The third-order valence-corrected chi connectivity index (χ3v) is 4.87. The maximum absolute atomic E-state index is 12.0. The van der Waals surface area contributed by atoms with Gasteiger partial charge in [0.15, 0.2) is 16.1 Å². The highest BCUT2D eigenvalue weighted by Gasteiger charge is 2.20. The smallest absolute Gasteiger partial charge is 0.158 e. The highest BCUT2D eigenvalue weighted by molar-refractivity contribution is 7.90. The van der Waals surface area contributed by atoms with Crippen LogP contribution in [-0.2, 0) is 25.1 Å². The second-order valence-electron chi connectivity index (χ2n) is 4.50. The summed E-state index contributed by atoms with van der Waals surface area (Å²) in [6, 6.07) is 6.99. The molecule has 4 nitrogen and oxygen atoms in total. The van der Waals surface area contributed by atoms with Crippen molar-refractivity contribution >= 4 is 21.4 Å². The minimum Gasteiger partial charge on any atom is -0.353 e. The number of halogens is 1. The molecule has 1 aromatic rings. The Morgan fingerprint density at radius 3 is 2.58 bits per heavy atom. The third kappa shape index (κ3) is 4.76. The van der Waals surface area contributed by atoms with Crippen LogP contribution in [0.4, 0.5) is 0 Å². The second-order valence-corrected chi connectivity index (χ2v) is 7.09. The molecule has 1 fully saturated rings. The quantitative estimate of drug-likeness (QED) is 0.838. The van der Waals surface area contributed by atoms with Crippen molar-refractivity contribution in [3.63, 3.8) is 0 Å². The van der Waals surface area contributed by atoms with Crippen molar-refractivity contribution in [2.45, 2.75) is 24.9 Å². The molecule has 0 spiro atoms. The van der Waals surface area contributed by atoms with Gasteiger partial charge in [0.2, 0.25) is 0 Å². The van der Waals surface area contributed by atoms with E-state index in [9.17, 15) is 8.42 Å². The van der Waals surface area contributed by atoms with Crippen molar-refractivity contribution in [1.82, 2.24) is 0 Å². The first kappa shape index (κ1) is 14.8. The fraction of sp³-hybridized carbons (Fsp3) is 0.538. The van der Waals surface area contributed by atoms with Crippen LogP contribution >= 0.6 is 11.6 Å². The zero-order valence-electron chi connectivity index (χ0n) is 10.5. The van der Waals surface area contributed by atoms with Gasteiger partial charge in [0.1, 0.15) is 0 Å². The molecule has 6 heteroatoms. The van der Waals surface area contributed by atoms with Crippen molar-refractivity contribution in [3.05, 3.63) is 34.9 Å². The molecule has 19 heavy (non-hydrogen) atoms. The molecule has 1 aromatic carbocycles. The summed E-state index contributed by atoms with van der Waals surface area (Å²) in [5.41, 5.74) is 0.634. The molecule has 106 valence electrons. The van der Waals surface area contributed by atoms with Crippen molar-refractivity contribution in [1.29, 1.82) is 0 Å². The molecule has 0 aromatic heterocycles. The van der Waals surface area contributed by atoms with E-state index in [0.717, 1.165) is 6.42 Å². The maximum atomic E-state index is 12.0. The second kappa shape index (κ2) is 6.70. The molecule has 0 amide bonds. The van der Waals surface area contributed by atoms with Crippen molar-refractivity contribution < 1.29 is 17.9 Å². The van der Waals surface area contributed by atoms with Gasteiger partial charge >= 0.3 is 0 Å². The van der Waals surface area contributed by atoms with Crippen molar-refractivity contribution in [2.24, 2.45) is 0 Å². The molecule has 0 unspecified atom stereocenters. The van der Waals surface area contributed by atoms with E-state index >= 15 is 0 Å². The third-order valence-electron chi connectivity index (χ3n) is 2.89. The van der Waals surface area contributed by atoms with Gasteiger partial charge < -0.3 is 9.47 Å². The molecule has 1 aliphatic rings. The Labute approximate surface area is 118 Å². The molecule has 0 saturated carbocycles. The summed E-state index contributed by atoms with van der Waals surface area (Å²) in [5, 5.41) is 0.483. The van der Waals surface area contributed by atoms with Crippen LogP contribution in [0.1, 0.15) is 18.4 Å². The summed E-state index contributed by atoms with van der Waals surface area (Å²) in [4.78, 5) is 0. The number of rotatable bonds is 5. The van der Waals surface area contributed by atoms with Gasteiger partial charge in [-0.25, -0.2) is 8.42 Å². The molecule has 1 aliphatic heterocycles. The lowest BCUT2D eigenvalue weighted by Crippen LogP contribution is -2.27. The molecule has 1 saturated heterocycles. The predicted molar refractivity (Wildman–Crippen MR) is 73.9 cm³/mol. The maximum Gasteiger partial charge on any atom is 0.158 e. The van der Waals surface area contributed by atoms with Gasteiger partial charge in [0, 0.05) is 11.4 Å². The number of sulfone groups is 1. The summed E-state index contributed by atoms with van der Waals surface area (Å²) in [7, 11) is -3.20. The Balaban J connectivity index is 1.90. The van der Waals surface area contributed by atoms with Gasteiger partial charge in [-0.1, -0.05) is 29.8 Å². The van der Waals surface area contributed by atoms with E-state index in [1.807, 2.05) is 0 Å². The summed E-state index contributed by atoms with van der Waals surface area (Å²) < 4.78 is 34.7. The molecule has 2 rings (SSSR count). The lowest BCUT2D eigenvalue weighted by Gasteiger charge is -2.22. The minimum absolute atomic E-state index is 0.0423. The van der Waals surface area contributed by atoms with Crippen LogP contribution in [0.15, 0.2) is 24.3 Å². The predicted octanol–water partition coefficient (Wildman–Crippen LogP) is 2.41. The molecule has 0 atom stereocenters. The molecule has 0 radical (unpaired) electrons. The monoisotopic (exact) mass is 304 g/mol. The lowest BCUT2D eigenvalue weighted by molar-refractivity contribution is -0.178. The Hall–Kier alpha value is -0.620. The summed E-state index contributed by atoms with van der Waals surface area (Å²) in [5.74, 6) is 0.00227. The SMILES string of the molecule is O=S(=O)(CCC1OCCCO1)Cc1ccccc1Cl. The molecule has 1 heterocycles. The molecule has 0 bridgehead atoms. The first-order valence-corrected chi connectivity index (χ1v) is 8.44. The Morgan fingerprint density at radius 1 is 1.21 bits per heavy atom. The van der Waals surface area contributed by atoms with Gasteiger partial charge in [-0.3, -0.25) is 0 Å². The van der Waals surface area contributed by atoms with Gasteiger partial charge in [-0.05, 0) is 18.1 Å². The average Bonchev–Trinajstić information content (AvgIpc) is 2.40. The summed E-state index contributed by atoms with van der Waals surface area (Å²) >= 11 is 5.97. The van der Waals surface area contributed by atoms with E-state index in [4.69, 9.17) is 21.1 Å². The van der Waals surface area contributed by atoms with Crippen LogP contribution in [0.2, 0.25) is 5.02 Å². The summed E-state index contributed by atoms with van der Waals surface area (Å²) in [6.45, 7) is 1.27. The molecule has 0 N–H and O–H groups in total. The highest BCUT2D eigenvalue weighted by Crippen LogP contribution is 2.19. The Bertz CT molecular complexity index is 509. The number of ether oxygens (including phenoxy) is 2. The lowest BCUT2D eigenvalue weighted by atomic mass is 10.2. The standard InChI is InChI=1S/C13H17ClO4S/c14-12-5-2-1-4-11(12)10-19(15,16)9-6-13-17-7-3-8-18-13/h1-2,4-5,13H,3,6-10H2. The number of hydrogen-bond donors (Lipinski definition) is 0. The van der Waals surface area contributed by atoms with E-state index in [0.29, 0.717) is 30.2 Å². The van der Waals surface area contributed by atoms with E-state index in [1.54, 1.807) is 24.3 Å². The van der Waals surface area contributed by atoms with Crippen molar-refractivity contribution in [3.8, 4) is 0 Å². The largest absolute Gasteiger partial charge is 0.353 e. The van der Waals surface area contributed by atoms with E-state index in [-0.39, 0.29) is 11.5 Å². The normalized spacial score (nSPS) is 17.5. The Kier molecular flexibility index (Phi) is 5.21. The van der Waals surface area contributed by atoms with Crippen molar-refractivity contribution in [2.75, 3.05) is 19.0 Å². The average molecular weight is 305 g/mol. The zero-order valence-corrected chi connectivity index (χ0v) is 12.1. The topological polar surface area (TPSA) is 52.6 Å². The van der Waals surface area contributed by atoms with Gasteiger partial charge in [-0.15, -0.1) is 0 Å². The minimum atomic E-state index is -3.20. The molecule has 0 aliphatic carbocycles. The fourth-order valence-corrected chi connectivity index (χ4v) is 3.61. The number of benzene rings is 1. The molecular formula is C13H17ClO4S. The summed E-state index contributed by atoms with van der Waals surface area (Å²) in [6.07, 6.45) is 0.838. The first-order chi connectivity index (χ1) is 9.07. The van der Waals surface area contributed by atoms with Gasteiger partial charge in [-0.2, -0.15) is 0 Å². The van der Waals surface area contributed by atoms with Crippen LogP contribution in [0.3, 0.4) is 0 Å². The van der Waals surface area contributed by atoms with Crippen LogP contribution in [-0.4, -0.2) is 33.7 Å². The fourth-order valence-electron chi connectivity index (χ4n) is 1.90. The van der Waals surface area contributed by atoms with Gasteiger partial charge in [0.25, 0.3) is 0 Å². The van der Waals surface area contributed by atoms with Crippen LogP contribution in [0, 0.1) is 0 Å². The Morgan fingerprint density at radius 2 is 1.89 bits per heavy atom. The van der Waals surface area contributed by atoms with E-state index < -0.39 is 16.1 Å². The molecular weight excluding hydrogens is 288 g/mol. The highest BCUT2D eigenvalue weighted by atomic mass is 35.5. The van der Waals surface area contributed by atoms with Crippen LogP contribution < -0.4 is 0 Å². The van der Waals surface area contributed by atoms with Gasteiger partial charge in [0.05, 0.1) is 24.7 Å². The first-order valence-electron chi connectivity index (χ1n) is 6.24. The van der Waals surface area contributed by atoms with E-state index in [2.05, 4.69) is 0 Å². The zero-order chi connectivity index (χ0) is 13.7.